The van der Waals surface area contributed by atoms with Gasteiger partial charge in [0.25, 0.3) is 5.82 Å². The molecule has 1 rings (SSSR count). The van der Waals surface area contributed by atoms with E-state index in [1.54, 1.807) is 5.82 Å². The molecule has 0 N–H and O–H groups in total. The van der Waals surface area contributed by atoms with Crippen molar-refractivity contribution >= 4 is 0 Å². The first-order valence-corrected chi connectivity index (χ1v) is 20.4. The number of rotatable bonds is 35. The molecule has 1 heterocycles. The summed E-state index contributed by atoms with van der Waals surface area (Å²) in [5, 5.41) is 0. The summed E-state index contributed by atoms with van der Waals surface area (Å²) in [6, 6.07) is 0. The number of unbranched alkanes of at least 4 members (excludes halogenated alkanes) is 29. The van der Waals surface area contributed by atoms with Crippen LogP contribution in [0.3, 0.4) is 0 Å². The van der Waals surface area contributed by atoms with Crippen LogP contribution in [-0.4, -0.2) is 4.57 Å². The van der Waals surface area contributed by atoms with Crippen molar-refractivity contribution in [2.45, 2.75) is 246 Å². The smallest absolute Gasteiger partial charge is 0.234 e. The Kier molecular flexibility index (Phi) is 30.5. The molecule has 0 aliphatic rings. The fourth-order valence-electron chi connectivity index (χ4n) is 6.90. The number of hydrogen-bond acceptors (Lipinski definition) is 0. The second kappa shape index (κ2) is 32.6. The summed E-state index contributed by atoms with van der Waals surface area (Å²) in [5.74, 6) is 1.58. The van der Waals surface area contributed by atoms with Gasteiger partial charge < -0.3 is 0 Å². The Morgan fingerprint density at radius 1 is 0.395 bits per heavy atom. The van der Waals surface area contributed by atoms with Gasteiger partial charge in [-0.25, -0.2) is 9.13 Å². The van der Waals surface area contributed by atoms with Crippen LogP contribution in [0.25, 0.3) is 0 Å². The molecule has 0 amide bonds. The highest BCUT2D eigenvalue weighted by Crippen LogP contribution is 2.15. The highest BCUT2D eigenvalue weighted by molar-refractivity contribution is 4.84. The molecule has 2 nitrogen and oxygen atoms in total. The lowest BCUT2D eigenvalue weighted by molar-refractivity contribution is -0.704. The maximum Gasteiger partial charge on any atom is 0.256 e. The second-order valence-electron chi connectivity index (χ2n) is 14.1. The summed E-state index contributed by atoms with van der Waals surface area (Å²) in [7, 11) is 0. The minimum atomic E-state index is 1.22. The highest BCUT2D eigenvalue weighted by atomic mass is 15.1. The van der Waals surface area contributed by atoms with E-state index in [1.807, 2.05) is 0 Å². The Morgan fingerprint density at radius 2 is 0.721 bits per heavy atom. The first-order chi connectivity index (χ1) is 21.3. The van der Waals surface area contributed by atoms with Crippen LogP contribution in [0.1, 0.15) is 232 Å². The van der Waals surface area contributed by atoms with Gasteiger partial charge in [0.15, 0.2) is 0 Å². The topological polar surface area (TPSA) is 8.81 Å². The first kappa shape index (κ1) is 40.2. The molecular formula is C41H81N2+. The number of aromatic nitrogens is 2. The van der Waals surface area contributed by atoms with Crippen molar-refractivity contribution in [1.82, 2.24) is 4.57 Å². The molecule has 0 fully saturated rings. The number of aryl methyl sites for hydroxylation is 2. The molecule has 0 atom stereocenters. The third-order valence-electron chi connectivity index (χ3n) is 9.82. The summed E-state index contributed by atoms with van der Waals surface area (Å²) >= 11 is 0. The van der Waals surface area contributed by atoms with E-state index in [2.05, 4.69) is 42.3 Å². The fraction of sp³-hybridized carbons (Fsp3) is 0.927. The molecule has 254 valence electrons. The first-order valence-electron chi connectivity index (χ1n) is 20.4. The Morgan fingerprint density at radius 3 is 1.07 bits per heavy atom. The van der Waals surface area contributed by atoms with Gasteiger partial charge in [0.05, 0.1) is 13.1 Å². The minimum Gasteiger partial charge on any atom is -0.234 e. The molecule has 0 aliphatic heterocycles. The van der Waals surface area contributed by atoms with Gasteiger partial charge in [0.2, 0.25) is 0 Å². The van der Waals surface area contributed by atoms with Crippen LogP contribution in [0.15, 0.2) is 12.4 Å². The average molecular weight is 602 g/mol. The lowest BCUT2D eigenvalue weighted by Crippen LogP contribution is -2.37. The molecule has 0 saturated heterocycles. The van der Waals surface area contributed by atoms with Crippen LogP contribution in [-0.2, 0) is 19.5 Å². The summed E-state index contributed by atoms with van der Waals surface area (Å²) in [5.41, 5.74) is 0. The van der Waals surface area contributed by atoms with Gasteiger partial charge in [-0.3, -0.25) is 0 Å². The van der Waals surface area contributed by atoms with E-state index in [9.17, 15) is 0 Å². The lowest BCUT2D eigenvalue weighted by Gasteiger charge is -2.06. The molecule has 0 saturated carbocycles. The van der Waals surface area contributed by atoms with Crippen LogP contribution >= 0.6 is 0 Å². The average Bonchev–Trinajstić information content (AvgIpc) is 3.39. The normalized spacial score (nSPS) is 11.6. The quantitative estimate of drug-likeness (QED) is 0.0540. The monoisotopic (exact) mass is 602 g/mol. The zero-order chi connectivity index (χ0) is 30.9. The standard InChI is InChI=1S/C41H81N2/c1-4-7-9-11-13-15-17-19-21-22-23-25-27-29-31-33-35-38-43-40-39-42(41(43)36-6-3)37-34-32-30-28-26-24-20-18-16-14-12-10-8-5-2/h39-40H,4-38H2,1-3H3/q+1. The maximum absolute atomic E-state index is 2.58. The molecule has 2 heteroatoms. The Bertz CT molecular complexity index is 663. The van der Waals surface area contributed by atoms with Crippen molar-refractivity contribution in [3.05, 3.63) is 18.2 Å². The Labute approximate surface area is 272 Å². The third-order valence-corrected chi connectivity index (χ3v) is 9.82. The van der Waals surface area contributed by atoms with Gasteiger partial charge in [0.1, 0.15) is 12.4 Å². The predicted molar refractivity (Wildman–Crippen MR) is 193 cm³/mol. The molecule has 1 aromatic heterocycles. The van der Waals surface area contributed by atoms with Gasteiger partial charge >= 0.3 is 0 Å². The summed E-state index contributed by atoms with van der Waals surface area (Å²) < 4.78 is 5.16. The molecule has 0 bridgehead atoms. The van der Waals surface area contributed by atoms with Crippen molar-refractivity contribution < 1.29 is 4.57 Å². The maximum atomic E-state index is 2.58. The summed E-state index contributed by atoms with van der Waals surface area (Å²) in [4.78, 5) is 0. The van der Waals surface area contributed by atoms with Crippen molar-refractivity contribution in [3.63, 3.8) is 0 Å². The molecule has 0 unspecified atom stereocenters. The largest absolute Gasteiger partial charge is 0.256 e. The van der Waals surface area contributed by atoms with Crippen LogP contribution in [0.5, 0.6) is 0 Å². The molecule has 1 aromatic rings. The van der Waals surface area contributed by atoms with Crippen molar-refractivity contribution in [2.24, 2.45) is 0 Å². The van der Waals surface area contributed by atoms with Crippen molar-refractivity contribution in [3.8, 4) is 0 Å². The van der Waals surface area contributed by atoms with Gasteiger partial charge in [-0.05, 0) is 32.1 Å². The molecule has 43 heavy (non-hydrogen) atoms. The van der Waals surface area contributed by atoms with Crippen molar-refractivity contribution in [2.75, 3.05) is 0 Å². The SMILES string of the molecule is CCCCCCCCCCCCCCCCCCC[n+]1ccn(CCCCCCCCCCCCCCCC)c1CCC. The van der Waals surface area contributed by atoms with E-state index in [4.69, 9.17) is 0 Å². The van der Waals surface area contributed by atoms with Crippen molar-refractivity contribution in [1.29, 1.82) is 0 Å². The van der Waals surface area contributed by atoms with Gasteiger partial charge in [0, 0.05) is 6.42 Å². The zero-order valence-electron chi connectivity index (χ0n) is 30.3. The van der Waals surface area contributed by atoms with E-state index < -0.39 is 0 Å². The zero-order valence-corrected chi connectivity index (χ0v) is 30.3. The number of imidazole rings is 1. The van der Waals surface area contributed by atoms with E-state index in [0.29, 0.717) is 0 Å². The van der Waals surface area contributed by atoms with E-state index in [0.717, 1.165) is 0 Å². The number of nitrogens with zero attached hydrogens (tertiary/aromatic N) is 2. The molecular weight excluding hydrogens is 520 g/mol. The Balaban J connectivity index is 1.97. The molecule has 0 radical (unpaired) electrons. The molecule has 0 aromatic carbocycles. The Hall–Kier alpha value is -0.790. The molecule has 0 spiro atoms. The lowest BCUT2D eigenvalue weighted by atomic mass is 10.0. The predicted octanol–water partition coefficient (Wildman–Crippen LogP) is 13.9. The van der Waals surface area contributed by atoms with Crippen LogP contribution in [0, 0.1) is 0 Å². The number of hydrogen-bond donors (Lipinski definition) is 0. The fourth-order valence-corrected chi connectivity index (χ4v) is 6.90. The van der Waals surface area contributed by atoms with Gasteiger partial charge in [-0.15, -0.1) is 0 Å². The van der Waals surface area contributed by atoms with Gasteiger partial charge in [-0.1, -0.05) is 194 Å². The van der Waals surface area contributed by atoms with E-state index >= 15 is 0 Å². The van der Waals surface area contributed by atoms with Crippen LogP contribution < -0.4 is 4.57 Å². The highest BCUT2D eigenvalue weighted by Gasteiger charge is 2.15. The van der Waals surface area contributed by atoms with Gasteiger partial charge in [-0.2, -0.15) is 0 Å². The van der Waals surface area contributed by atoms with Crippen LogP contribution in [0.2, 0.25) is 0 Å². The van der Waals surface area contributed by atoms with Crippen LogP contribution in [0.4, 0.5) is 0 Å². The second-order valence-corrected chi connectivity index (χ2v) is 14.1. The van der Waals surface area contributed by atoms with E-state index in [-0.39, 0.29) is 0 Å². The van der Waals surface area contributed by atoms with E-state index in [1.165, 1.54) is 225 Å². The molecule has 0 aliphatic carbocycles. The third kappa shape index (κ3) is 25.1. The minimum absolute atomic E-state index is 1.22. The summed E-state index contributed by atoms with van der Waals surface area (Å²) in [6.45, 7) is 9.40. The summed E-state index contributed by atoms with van der Waals surface area (Å²) in [6.07, 6.45) is 52.0.